The molecule has 106 valence electrons. The van der Waals surface area contributed by atoms with Gasteiger partial charge in [-0.2, -0.15) is 0 Å². The van der Waals surface area contributed by atoms with Gasteiger partial charge in [0, 0.05) is 20.6 Å². The molecule has 1 rings (SSSR count). The summed E-state index contributed by atoms with van der Waals surface area (Å²) >= 11 is 0. The molecule has 0 aliphatic carbocycles. The third-order valence-electron chi connectivity index (χ3n) is 2.23. The van der Waals surface area contributed by atoms with Crippen LogP contribution >= 0.6 is 0 Å². The fourth-order valence-electron chi connectivity index (χ4n) is 1.45. The number of methoxy groups -OCH3 is 2. The smallest absolute Gasteiger partial charge is 0.406 e. The Morgan fingerprint density at radius 2 is 1.68 bits per heavy atom. The van der Waals surface area contributed by atoms with Crippen LogP contribution < -0.4 is 4.74 Å². The Bertz CT molecular complexity index is 410. The highest BCUT2D eigenvalue weighted by Crippen LogP contribution is 2.22. The van der Waals surface area contributed by atoms with Gasteiger partial charge in [0.05, 0.1) is 0 Å². The number of Topliss-reactive ketones (excluding diaryl/α,β-unsaturated/α-hetero) is 1. The minimum Gasteiger partial charge on any atom is -0.406 e. The summed E-state index contributed by atoms with van der Waals surface area (Å²) < 4.78 is 49.1. The molecule has 19 heavy (non-hydrogen) atoms. The van der Waals surface area contributed by atoms with Crippen LogP contribution in [0, 0.1) is 0 Å². The minimum absolute atomic E-state index is 0.00134. The lowest BCUT2D eigenvalue weighted by Crippen LogP contribution is -2.26. The molecule has 0 aromatic heterocycles. The molecule has 4 nitrogen and oxygen atoms in total. The van der Waals surface area contributed by atoms with E-state index < -0.39 is 12.7 Å². The van der Waals surface area contributed by atoms with Crippen molar-refractivity contribution in [2.24, 2.45) is 0 Å². The number of benzene rings is 1. The van der Waals surface area contributed by atoms with E-state index in [1.54, 1.807) is 0 Å². The largest absolute Gasteiger partial charge is 0.573 e. The lowest BCUT2D eigenvalue weighted by molar-refractivity contribution is -0.274. The van der Waals surface area contributed by atoms with E-state index in [4.69, 9.17) is 9.47 Å². The number of ketones is 1. The zero-order valence-corrected chi connectivity index (χ0v) is 10.4. The van der Waals surface area contributed by atoms with Gasteiger partial charge in [-0.15, -0.1) is 13.2 Å². The number of carbonyl (C=O) groups excluding carboxylic acids is 1. The van der Waals surface area contributed by atoms with Crippen molar-refractivity contribution < 1.29 is 32.2 Å². The summed E-state index contributed by atoms with van der Waals surface area (Å²) in [5.41, 5.74) is 0.540. The van der Waals surface area contributed by atoms with Crippen molar-refractivity contribution in [2.75, 3.05) is 14.2 Å². The summed E-state index contributed by atoms with van der Waals surface area (Å²) in [6, 6.07) is 5.04. The lowest BCUT2D eigenvalue weighted by atomic mass is 10.1. The van der Waals surface area contributed by atoms with E-state index in [1.807, 2.05) is 0 Å². The Balaban J connectivity index is 2.64. The first kappa shape index (κ1) is 15.5. The van der Waals surface area contributed by atoms with Gasteiger partial charge < -0.3 is 14.2 Å². The van der Waals surface area contributed by atoms with E-state index >= 15 is 0 Å². The molecule has 0 amide bonds. The van der Waals surface area contributed by atoms with Crippen molar-refractivity contribution in [3.8, 4) is 5.75 Å². The minimum atomic E-state index is -4.73. The van der Waals surface area contributed by atoms with Crippen LogP contribution in [-0.4, -0.2) is 32.7 Å². The standard InChI is InChI=1S/C12H13F3O4/c1-17-11(18-2)10(16)7-8-3-5-9(6-4-8)19-12(13,14)15/h3-6,11H,7H2,1-2H3. The van der Waals surface area contributed by atoms with E-state index in [0.29, 0.717) is 5.56 Å². The van der Waals surface area contributed by atoms with Crippen molar-refractivity contribution >= 4 is 5.78 Å². The van der Waals surface area contributed by atoms with Gasteiger partial charge in [-0.05, 0) is 17.7 Å². The summed E-state index contributed by atoms with van der Waals surface area (Å²) in [6.07, 6.45) is -5.71. The van der Waals surface area contributed by atoms with Gasteiger partial charge in [0.25, 0.3) is 0 Å². The average molecular weight is 278 g/mol. The molecule has 0 saturated carbocycles. The van der Waals surface area contributed by atoms with Crippen LogP contribution in [0.15, 0.2) is 24.3 Å². The molecule has 0 fully saturated rings. The van der Waals surface area contributed by atoms with Crippen LogP contribution in [0.1, 0.15) is 5.56 Å². The predicted molar refractivity (Wildman–Crippen MR) is 59.6 cm³/mol. The summed E-state index contributed by atoms with van der Waals surface area (Å²) in [7, 11) is 2.65. The number of alkyl halides is 3. The Hall–Kier alpha value is -1.60. The quantitative estimate of drug-likeness (QED) is 0.749. The molecule has 0 atom stereocenters. The molecule has 0 unspecified atom stereocenters. The zero-order chi connectivity index (χ0) is 14.5. The zero-order valence-electron chi connectivity index (χ0n) is 10.4. The highest BCUT2D eigenvalue weighted by Gasteiger charge is 2.31. The monoisotopic (exact) mass is 278 g/mol. The van der Waals surface area contributed by atoms with Crippen LogP contribution in [0.25, 0.3) is 0 Å². The number of halogens is 3. The SMILES string of the molecule is COC(OC)C(=O)Cc1ccc(OC(F)(F)F)cc1. The second-order valence-electron chi connectivity index (χ2n) is 3.64. The van der Waals surface area contributed by atoms with Crippen LogP contribution in [-0.2, 0) is 20.7 Å². The number of ether oxygens (including phenoxy) is 3. The molecule has 0 radical (unpaired) electrons. The highest BCUT2D eigenvalue weighted by atomic mass is 19.4. The first-order chi connectivity index (χ1) is 8.85. The second kappa shape index (κ2) is 6.53. The van der Waals surface area contributed by atoms with Crippen molar-refractivity contribution in [1.82, 2.24) is 0 Å². The third-order valence-corrected chi connectivity index (χ3v) is 2.23. The number of carbonyl (C=O) groups is 1. The summed E-state index contributed by atoms with van der Waals surface area (Å²) in [4.78, 5) is 11.6. The van der Waals surface area contributed by atoms with Gasteiger partial charge >= 0.3 is 6.36 Å². The van der Waals surface area contributed by atoms with Gasteiger partial charge in [0.2, 0.25) is 6.29 Å². The van der Waals surface area contributed by atoms with Crippen LogP contribution in [0.4, 0.5) is 13.2 Å². The molecule has 0 saturated heterocycles. The second-order valence-corrected chi connectivity index (χ2v) is 3.64. The first-order valence-corrected chi connectivity index (χ1v) is 5.28. The van der Waals surface area contributed by atoms with Gasteiger partial charge in [-0.3, -0.25) is 4.79 Å². The van der Waals surface area contributed by atoms with Gasteiger partial charge in [0.1, 0.15) is 5.75 Å². The van der Waals surface area contributed by atoms with E-state index in [1.165, 1.54) is 26.4 Å². The molecule has 0 N–H and O–H groups in total. The van der Waals surface area contributed by atoms with Crippen LogP contribution in [0.2, 0.25) is 0 Å². The van der Waals surface area contributed by atoms with E-state index in [2.05, 4.69) is 4.74 Å². The van der Waals surface area contributed by atoms with Crippen LogP contribution in [0.3, 0.4) is 0 Å². The fraction of sp³-hybridized carbons (Fsp3) is 0.417. The summed E-state index contributed by atoms with van der Waals surface area (Å²) in [5, 5.41) is 0. The maximum Gasteiger partial charge on any atom is 0.573 e. The topological polar surface area (TPSA) is 44.8 Å². The Labute approximate surface area is 108 Å². The summed E-state index contributed by atoms with van der Waals surface area (Å²) in [5.74, 6) is -0.659. The van der Waals surface area contributed by atoms with Crippen molar-refractivity contribution in [3.63, 3.8) is 0 Å². The van der Waals surface area contributed by atoms with E-state index in [0.717, 1.165) is 12.1 Å². The Kier molecular flexibility index (Phi) is 5.31. The number of rotatable bonds is 6. The first-order valence-electron chi connectivity index (χ1n) is 5.28. The molecule has 0 aliphatic heterocycles. The Morgan fingerprint density at radius 3 is 2.11 bits per heavy atom. The maximum absolute atomic E-state index is 11.9. The molecular formula is C12H13F3O4. The average Bonchev–Trinajstić information content (AvgIpc) is 2.31. The van der Waals surface area contributed by atoms with Gasteiger partial charge in [-0.25, -0.2) is 0 Å². The molecule has 0 spiro atoms. The van der Waals surface area contributed by atoms with Gasteiger partial charge in [-0.1, -0.05) is 12.1 Å². The van der Waals surface area contributed by atoms with Crippen molar-refractivity contribution in [3.05, 3.63) is 29.8 Å². The molecule has 1 aromatic rings. The molecule has 1 aromatic carbocycles. The molecular weight excluding hydrogens is 265 g/mol. The van der Waals surface area contributed by atoms with Crippen molar-refractivity contribution in [2.45, 2.75) is 19.1 Å². The fourth-order valence-corrected chi connectivity index (χ4v) is 1.45. The Morgan fingerprint density at radius 1 is 1.16 bits per heavy atom. The highest BCUT2D eigenvalue weighted by molar-refractivity contribution is 5.84. The number of hydrogen-bond donors (Lipinski definition) is 0. The third kappa shape index (κ3) is 5.27. The molecule has 0 heterocycles. The number of hydrogen-bond acceptors (Lipinski definition) is 4. The van der Waals surface area contributed by atoms with E-state index in [-0.39, 0.29) is 18.0 Å². The van der Waals surface area contributed by atoms with E-state index in [9.17, 15) is 18.0 Å². The van der Waals surface area contributed by atoms with Crippen molar-refractivity contribution in [1.29, 1.82) is 0 Å². The molecule has 7 heteroatoms. The summed E-state index contributed by atoms with van der Waals surface area (Å²) in [6.45, 7) is 0. The predicted octanol–water partition coefficient (Wildman–Crippen LogP) is 2.32. The normalized spacial score (nSPS) is 11.7. The molecule has 0 bridgehead atoms. The van der Waals surface area contributed by atoms with Crippen LogP contribution in [0.5, 0.6) is 5.75 Å². The molecule has 0 aliphatic rings. The lowest BCUT2D eigenvalue weighted by Gasteiger charge is -2.12. The maximum atomic E-state index is 11.9. The van der Waals surface area contributed by atoms with Gasteiger partial charge in [0.15, 0.2) is 5.78 Å².